The van der Waals surface area contributed by atoms with Crippen molar-refractivity contribution in [3.8, 4) is 5.75 Å². The van der Waals surface area contributed by atoms with Gasteiger partial charge in [0, 0.05) is 11.9 Å². The number of ether oxygens (including phenoxy) is 1. The predicted octanol–water partition coefficient (Wildman–Crippen LogP) is 3.09. The van der Waals surface area contributed by atoms with Crippen LogP contribution < -0.4 is 10.1 Å². The highest BCUT2D eigenvalue weighted by atomic mass is 16.5. The number of hydrogen-bond acceptors (Lipinski definition) is 3. The summed E-state index contributed by atoms with van der Waals surface area (Å²) in [5, 5.41) is 3.27. The molecule has 4 heteroatoms. The van der Waals surface area contributed by atoms with E-state index < -0.39 is 0 Å². The molecule has 0 bridgehead atoms. The van der Waals surface area contributed by atoms with Crippen molar-refractivity contribution in [3.05, 3.63) is 54.9 Å². The van der Waals surface area contributed by atoms with Crippen LogP contribution in [0.2, 0.25) is 0 Å². The molecule has 0 saturated heterocycles. The molecule has 1 aromatic carbocycles. The van der Waals surface area contributed by atoms with E-state index in [4.69, 9.17) is 4.74 Å². The number of methoxy groups -OCH3 is 1. The third-order valence-corrected chi connectivity index (χ3v) is 2.78. The third kappa shape index (κ3) is 1.88. The summed E-state index contributed by atoms with van der Waals surface area (Å²) in [6.45, 7) is 0. The molecule has 2 heterocycles. The lowest BCUT2D eigenvalue weighted by Gasteiger charge is -2.06. The molecule has 18 heavy (non-hydrogen) atoms. The van der Waals surface area contributed by atoms with Crippen molar-refractivity contribution in [2.45, 2.75) is 0 Å². The van der Waals surface area contributed by atoms with Crippen LogP contribution in [0.4, 0.5) is 11.6 Å². The average Bonchev–Trinajstić information content (AvgIpc) is 2.83. The molecule has 0 aliphatic heterocycles. The predicted molar refractivity (Wildman–Crippen MR) is 71.5 cm³/mol. The minimum atomic E-state index is 0.802. The van der Waals surface area contributed by atoms with E-state index in [2.05, 4.69) is 10.3 Å². The van der Waals surface area contributed by atoms with Crippen LogP contribution in [0.5, 0.6) is 5.75 Å². The van der Waals surface area contributed by atoms with E-state index in [1.807, 2.05) is 59.3 Å². The second-order valence-electron chi connectivity index (χ2n) is 3.93. The number of pyridine rings is 1. The first-order chi connectivity index (χ1) is 8.86. The Morgan fingerprint density at radius 2 is 1.94 bits per heavy atom. The number of hydrogen-bond donors (Lipinski definition) is 1. The van der Waals surface area contributed by atoms with Crippen molar-refractivity contribution in [2.75, 3.05) is 12.4 Å². The molecule has 0 amide bonds. The van der Waals surface area contributed by atoms with Crippen molar-refractivity contribution in [1.29, 1.82) is 0 Å². The van der Waals surface area contributed by atoms with Gasteiger partial charge >= 0.3 is 0 Å². The summed E-state index contributed by atoms with van der Waals surface area (Å²) in [5.74, 6) is 1.64. The van der Waals surface area contributed by atoms with Crippen LogP contribution in [0.3, 0.4) is 0 Å². The van der Waals surface area contributed by atoms with Gasteiger partial charge in [-0.25, -0.2) is 4.98 Å². The van der Waals surface area contributed by atoms with Crippen LogP contribution in [0, 0.1) is 0 Å². The van der Waals surface area contributed by atoms with E-state index in [0.29, 0.717) is 0 Å². The topological polar surface area (TPSA) is 38.6 Å². The van der Waals surface area contributed by atoms with Gasteiger partial charge in [0.1, 0.15) is 5.75 Å². The molecule has 3 rings (SSSR count). The number of fused-ring (bicyclic) bond motifs is 1. The number of benzene rings is 1. The molecule has 0 fully saturated rings. The summed E-state index contributed by atoms with van der Waals surface area (Å²) in [6.07, 6.45) is 3.82. The summed E-state index contributed by atoms with van der Waals surface area (Å²) in [7, 11) is 1.66. The van der Waals surface area contributed by atoms with E-state index in [1.54, 1.807) is 7.11 Å². The van der Waals surface area contributed by atoms with Gasteiger partial charge in [0.15, 0.2) is 0 Å². The number of nitrogens with one attached hydrogen (secondary N) is 1. The van der Waals surface area contributed by atoms with Gasteiger partial charge in [0.2, 0.25) is 5.95 Å². The van der Waals surface area contributed by atoms with Crippen molar-refractivity contribution >= 4 is 17.2 Å². The Balaban J connectivity index is 1.91. The molecule has 0 atom stereocenters. The Kier molecular flexibility index (Phi) is 2.61. The van der Waals surface area contributed by atoms with Gasteiger partial charge in [-0.1, -0.05) is 6.07 Å². The molecule has 4 nitrogen and oxygen atoms in total. The molecule has 0 saturated carbocycles. The largest absolute Gasteiger partial charge is 0.497 e. The highest BCUT2D eigenvalue weighted by Gasteiger charge is 2.02. The fourth-order valence-corrected chi connectivity index (χ4v) is 1.84. The van der Waals surface area contributed by atoms with E-state index in [0.717, 1.165) is 22.9 Å². The average molecular weight is 239 g/mol. The summed E-state index contributed by atoms with van der Waals surface area (Å²) in [4.78, 5) is 4.35. The second kappa shape index (κ2) is 4.41. The zero-order valence-electron chi connectivity index (χ0n) is 10.00. The third-order valence-electron chi connectivity index (χ3n) is 2.78. The van der Waals surface area contributed by atoms with E-state index >= 15 is 0 Å². The minimum absolute atomic E-state index is 0.802. The molecule has 1 N–H and O–H groups in total. The zero-order valence-corrected chi connectivity index (χ0v) is 10.00. The van der Waals surface area contributed by atoms with Gasteiger partial charge in [-0.05, 0) is 36.4 Å². The van der Waals surface area contributed by atoms with Crippen LogP contribution in [-0.4, -0.2) is 16.5 Å². The highest BCUT2D eigenvalue weighted by Crippen LogP contribution is 2.19. The van der Waals surface area contributed by atoms with E-state index in [-0.39, 0.29) is 0 Å². The van der Waals surface area contributed by atoms with Crippen LogP contribution in [0.15, 0.2) is 54.9 Å². The lowest BCUT2D eigenvalue weighted by molar-refractivity contribution is 0.415. The maximum Gasteiger partial charge on any atom is 0.212 e. The number of aromatic nitrogens is 2. The number of rotatable bonds is 3. The summed E-state index contributed by atoms with van der Waals surface area (Å²) >= 11 is 0. The molecule has 0 radical (unpaired) electrons. The second-order valence-corrected chi connectivity index (χ2v) is 3.93. The first kappa shape index (κ1) is 10.7. The number of nitrogens with zero attached hydrogens (tertiary/aromatic N) is 2. The van der Waals surface area contributed by atoms with Gasteiger partial charge in [-0.3, -0.25) is 4.40 Å². The van der Waals surface area contributed by atoms with Crippen molar-refractivity contribution in [3.63, 3.8) is 0 Å². The number of anilines is 2. The van der Waals surface area contributed by atoms with Crippen molar-refractivity contribution in [2.24, 2.45) is 0 Å². The van der Waals surface area contributed by atoms with Crippen LogP contribution >= 0.6 is 0 Å². The Bertz CT molecular complexity index is 658. The Hall–Kier alpha value is -2.49. The van der Waals surface area contributed by atoms with Gasteiger partial charge in [0.25, 0.3) is 0 Å². The quantitative estimate of drug-likeness (QED) is 0.763. The lowest BCUT2D eigenvalue weighted by atomic mass is 10.3. The SMILES string of the molecule is COc1ccc(Nc2ncc3ccccn23)cc1. The zero-order chi connectivity index (χ0) is 12.4. The van der Waals surface area contributed by atoms with Crippen LogP contribution in [0.25, 0.3) is 5.52 Å². The van der Waals surface area contributed by atoms with E-state index in [9.17, 15) is 0 Å². The molecule has 0 spiro atoms. The first-order valence-corrected chi connectivity index (χ1v) is 5.70. The van der Waals surface area contributed by atoms with Gasteiger partial charge in [0.05, 0.1) is 18.8 Å². The standard InChI is InChI=1S/C14H13N3O/c1-18-13-7-5-11(6-8-13)16-14-15-10-12-4-2-3-9-17(12)14/h2-10H,1H3,(H,15,16). The van der Waals surface area contributed by atoms with Gasteiger partial charge in [-0.15, -0.1) is 0 Å². The smallest absolute Gasteiger partial charge is 0.212 e. The highest BCUT2D eigenvalue weighted by molar-refractivity contribution is 5.60. The maximum atomic E-state index is 5.13. The Morgan fingerprint density at radius 1 is 1.11 bits per heavy atom. The number of imidazole rings is 1. The molecule has 0 unspecified atom stereocenters. The van der Waals surface area contributed by atoms with Crippen LogP contribution in [0.1, 0.15) is 0 Å². The minimum Gasteiger partial charge on any atom is -0.497 e. The molecule has 0 aliphatic carbocycles. The molecular formula is C14H13N3O. The van der Waals surface area contributed by atoms with Crippen molar-refractivity contribution < 1.29 is 4.74 Å². The molecular weight excluding hydrogens is 226 g/mol. The maximum absolute atomic E-state index is 5.13. The Labute approximate surface area is 105 Å². The summed E-state index contributed by atoms with van der Waals surface area (Å²) in [6, 6.07) is 13.7. The van der Waals surface area contributed by atoms with Gasteiger partial charge in [-0.2, -0.15) is 0 Å². The normalized spacial score (nSPS) is 10.5. The van der Waals surface area contributed by atoms with Crippen molar-refractivity contribution in [1.82, 2.24) is 9.38 Å². The Morgan fingerprint density at radius 3 is 2.72 bits per heavy atom. The fourth-order valence-electron chi connectivity index (χ4n) is 1.84. The van der Waals surface area contributed by atoms with E-state index in [1.165, 1.54) is 0 Å². The first-order valence-electron chi connectivity index (χ1n) is 5.70. The molecule has 90 valence electrons. The molecule has 2 aromatic heterocycles. The fraction of sp³-hybridized carbons (Fsp3) is 0.0714. The molecule has 0 aliphatic rings. The van der Waals surface area contributed by atoms with Crippen LogP contribution in [-0.2, 0) is 0 Å². The summed E-state index contributed by atoms with van der Waals surface area (Å²) < 4.78 is 7.13. The van der Waals surface area contributed by atoms with Gasteiger partial charge < -0.3 is 10.1 Å². The monoisotopic (exact) mass is 239 g/mol. The summed E-state index contributed by atoms with van der Waals surface area (Å²) in [5.41, 5.74) is 2.04. The molecule has 3 aromatic rings. The lowest BCUT2D eigenvalue weighted by Crippen LogP contribution is -1.96.